The fourth-order valence-corrected chi connectivity index (χ4v) is 3.94. The Balaban J connectivity index is 1.65. The van der Waals surface area contributed by atoms with Crippen LogP contribution in [-0.4, -0.2) is 39.0 Å². The van der Waals surface area contributed by atoms with Crippen molar-refractivity contribution in [3.8, 4) is 22.5 Å². The molecule has 0 saturated heterocycles. The van der Waals surface area contributed by atoms with Crippen LogP contribution < -0.4 is 16.3 Å². The number of halogens is 1. The van der Waals surface area contributed by atoms with E-state index in [4.69, 9.17) is 0 Å². The molecule has 0 spiro atoms. The summed E-state index contributed by atoms with van der Waals surface area (Å²) in [5.74, 6) is 0.529. The van der Waals surface area contributed by atoms with Crippen molar-refractivity contribution in [1.82, 2.24) is 19.5 Å². The summed E-state index contributed by atoms with van der Waals surface area (Å²) in [5.41, 5.74) is 3.32. The minimum atomic E-state index is -0.508. The van der Waals surface area contributed by atoms with E-state index in [9.17, 15) is 4.79 Å². The molecule has 3 aliphatic rings. The second-order valence-corrected chi connectivity index (χ2v) is 7.45. The van der Waals surface area contributed by atoms with Crippen molar-refractivity contribution in [2.45, 2.75) is 13.5 Å². The molecule has 0 radical (unpaired) electrons. The number of rotatable bonds is 3. The zero-order valence-corrected chi connectivity index (χ0v) is 17.6. The van der Waals surface area contributed by atoms with E-state index >= 15 is 4.39 Å². The molecule has 0 aliphatic carbocycles. The Kier molecular flexibility index (Phi) is 4.85. The number of aromatic nitrogens is 4. The van der Waals surface area contributed by atoms with Gasteiger partial charge in [-0.2, -0.15) is 4.98 Å². The maximum absolute atomic E-state index is 15.8. The van der Waals surface area contributed by atoms with E-state index in [-0.39, 0.29) is 11.4 Å². The molecule has 5 rings (SSSR count). The highest BCUT2D eigenvalue weighted by atomic mass is 19.1. The first-order valence-corrected chi connectivity index (χ1v) is 10.2. The Morgan fingerprint density at radius 2 is 2.12 bits per heavy atom. The topological polar surface area (TPSA) is 97.1 Å². The van der Waals surface area contributed by atoms with Gasteiger partial charge in [0.2, 0.25) is 5.62 Å². The molecule has 8 nitrogen and oxygen atoms in total. The Morgan fingerprint density at radius 1 is 1.25 bits per heavy atom. The third-order valence-electron chi connectivity index (χ3n) is 5.46. The number of hydrogen-bond donors (Lipinski definition) is 2. The summed E-state index contributed by atoms with van der Waals surface area (Å²) in [6, 6.07) is 10.2. The van der Waals surface area contributed by atoms with Gasteiger partial charge in [0.1, 0.15) is 17.3 Å². The van der Waals surface area contributed by atoms with Crippen molar-refractivity contribution < 1.29 is 9.18 Å². The van der Waals surface area contributed by atoms with Crippen LogP contribution in [0.15, 0.2) is 53.8 Å². The molecular weight excluding hydrogens is 409 g/mol. The van der Waals surface area contributed by atoms with Crippen LogP contribution in [-0.2, 0) is 6.54 Å². The lowest BCUT2D eigenvalue weighted by atomic mass is 9.97. The van der Waals surface area contributed by atoms with Crippen LogP contribution in [0.25, 0.3) is 22.5 Å². The van der Waals surface area contributed by atoms with Gasteiger partial charge in [0.25, 0.3) is 5.91 Å². The van der Waals surface area contributed by atoms with E-state index in [1.165, 1.54) is 6.20 Å². The van der Waals surface area contributed by atoms with Crippen molar-refractivity contribution in [2.24, 2.45) is 4.99 Å². The molecule has 2 aromatic rings. The normalized spacial score (nSPS) is 13.2. The number of benzene rings is 1. The monoisotopic (exact) mass is 429 g/mol. The maximum Gasteiger partial charge on any atom is 0.274 e. The van der Waals surface area contributed by atoms with Gasteiger partial charge >= 0.3 is 0 Å². The lowest BCUT2D eigenvalue weighted by Gasteiger charge is -2.19. The number of nitrogens with zero attached hydrogens (tertiary/aromatic N) is 5. The van der Waals surface area contributed by atoms with Crippen molar-refractivity contribution in [3.63, 3.8) is 0 Å². The maximum atomic E-state index is 15.8. The number of hydrogen-bond acceptors (Lipinski definition) is 6. The van der Waals surface area contributed by atoms with Crippen LogP contribution in [0.5, 0.6) is 0 Å². The molecule has 32 heavy (non-hydrogen) atoms. The van der Waals surface area contributed by atoms with E-state index in [2.05, 4.69) is 30.6 Å². The van der Waals surface area contributed by atoms with Crippen LogP contribution in [0.3, 0.4) is 0 Å². The molecule has 2 N–H and O–H groups in total. The molecule has 0 bridgehead atoms. The number of nitrogens with one attached hydrogen (secondary N) is 2. The molecule has 160 valence electrons. The van der Waals surface area contributed by atoms with Gasteiger partial charge in [-0.1, -0.05) is 12.1 Å². The summed E-state index contributed by atoms with van der Waals surface area (Å²) in [6.45, 7) is 3.23. The van der Waals surface area contributed by atoms with Gasteiger partial charge in [-0.25, -0.2) is 9.37 Å². The second-order valence-electron chi connectivity index (χ2n) is 7.45. The summed E-state index contributed by atoms with van der Waals surface area (Å²) in [4.78, 5) is 29.4. The number of aryl methyl sites for hydroxylation is 1. The summed E-state index contributed by atoms with van der Waals surface area (Å²) < 4.78 is 17.8. The van der Waals surface area contributed by atoms with E-state index in [0.29, 0.717) is 29.8 Å². The quantitative estimate of drug-likeness (QED) is 0.522. The van der Waals surface area contributed by atoms with Crippen LogP contribution in [0, 0.1) is 12.7 Å². The highest BCUT2D eigenvalue weighted by Crippen LogP contribution is 2.40. The predicted molar refractivity (Wildman–Crippen MR) is 119 cm³/mol. The number of pyridine rings is 2. The number of carbonyl (C=O) groups excluding carboxylic acids is 1. The molecule has 3 aliphatic heterocycles. The van der Waals surface area contributed by atoms with Gasteiger partial charge < -0.3 is 15.2 Å². The van der Waals surface area contributed by atoms with E-state index in [1.807, 2.05) is 17.6 Å². The molecule has 0 fully saturated rings. The van der Waals surface area contributed by atoms with E-state index in [1.54, 1.807) is 43.6 Å². The molecule has 1 amide bonds. The fourth-order valence-electron chi connectivity index (χ4n) is 3.94. The predicted octanol–water partition coefficient (Wildman–Crippen LogP) is 3.10. The van der Waals surface area contributed by atoms with Gasteiger partial charge in [-0.05, 0) is 36.8 Å². The van der Waals surface area contributed by atoms with Gasteiger partial charge in [-0.3, -0.25) is 14.8 Å². The number of amides is 1. The first kappa shape index (κ1) is 19.8. The second kappa shape index (κ2) is 7.84. The highest BCUT2D eigenvalue weighted by molar-refractivity contribution is 6.03. The third-order valence-corrected chi connectivity index (χ3v) is 5.46. The first-order chi connectivity index (χ1) is 15.6. The van der Waals surface area contributed by atoms with Crippen LogP contribution in [0.1, 0.15) is 16.1 Å². The molecule has 4 heterocycles. The lowest BCUT2D eigenvalue weighted by Crippen LogP contribution is -2.18. The Bertz CT molecular complexity index is 1380. The fraction of sp³-hybridized carbons (Fsp3) is 0.174. The number of anilines is 2. The van der Waals surface area contributed by atoms with Gasteiger partial charge in [0.05, 0.1) is 5.69 Å². The number of fused-ring (bicyclic) bond motifs is 3. The number of carbonyl (C=O) groups is 1. The summed E-state index contributed by atoms with van der Waals surface area (Å²) in [7, 11) is 1.64. The summed E-state index contributed by atoms with van der Waals surface area (Å²) in [6.07, 6.45) is 3.21. The summed E-state index contributed by atoms with van der Waals surface area (Å²) >= 11 is 0. The Hall–Kier alpha value is -4.14. The van der Waals surface area contributed by atoms with Crippen molar-refractivity contribution in [2.75, 3.05) is 24.2 Å². The van der Waals surface area contributed by atoms with Gasteiger partial charge in [0.15, 0.2) is 5.82 Å². The minimum absolute atomic E-state index is 0.0921. The largest absolute Gasteiger partial charge is 0.369 e. The average molecular weight is 429 g/mol. The third kappa shape index (κ3) is 3.27. The molecule has 1 aromatic carbocycles. The minimum Gasteiger partial charge on any atom is -0.369 e. The Labute approximate surface area is 183 Å². The molecule has 0 saturated carbocycles. The average Bonchev–Trinajstić information content (AvgIpc) is 3.32. The smallest absolute Gasteiger partial charge is 0.274 e. The standard InChI is InChI=1S/C23H20FN7O/c1-13-6-7-16(29-22(32)17-5-3-4-8-26-17)19(24)18(13)15-11-14-12-28-23(25-2)30-20(14)31-10-9-27-21(15)31/h3-8,11-12,27H,9-10H2,1-2H3,(H,29,32). The molecular formula is C23H20FN7O. The Morgan fingerprint density at radius 3 is 2.91 bits per heavy atom. The zero-order chi connectivity index (χ0) is 22.2. The van der Waals surface area contributed by atoms with Crippen LogP contribution >= 0.6 is 0 Å². The van der Waals surface area contributed by atoms with Crippen molar-refractivity contribution >= 4 is 17.4 Å². The molecule has 9 heteroatoms. The van der Waals surface area contributed by atoms with Crippen molar-refractivity contribution in [1.29, 1.82) is 0 Å². The van der Waals surface area contributed by atoms with E-state index < -0.39 is 11.7 Å². The van der Waals surface area contributed by atoms with Crippen LogP contribution in [0.4, 0.5) is 15.9 Å². The van der Waals surface area contributed by atoms with Crippen LogP contribution in [0.2, 0.25) is 0 Å². The van der Waals surface area contributed by atoms with Crippen molar-refractivity contribution in [3.05, 3.63) is 71.5 Å². The molecule has 1 aromatic heterocycles. The SMILES string of the molecule is CN=c1ncc2cc(-c3c(C)ccc(NC(=O)c4ccccn4)c3F)c3n(c-2n1)CCN3. The summed E-state index contributed by atoms with van der Waals surface area (Å²) in [5, 5.41) is 5.99. The molecule has 0 atom stereocenters. The highest BCUT2D eigenvalue weighted by Gasteiger charge is 2.25. The van der Waals surface area contributed by atoms with E-state index in [0.717, 1.165) is 22.8 Å². The molecule has 0 unspecified atom stereocenters. The van der Waals surface area contributed by atoms with Gasteiger partial charge in [-0.15, -0.1) is 0 Å². The first-order valence-electron chi connectivity index (χ1n) is 10.2. The zero-order valence-electron chi connectivity index (χ0n) is 17.6. The van der Waals surface area contributed by atoms with Gasteiger partial charge in [0, 0.05) is 49.2 Å². The lowest BCUT2D eigenvalue weighted by molar-refractivity contribution is 0.102.